The first kappa shape index (κ1) is 20.8. The largest absolute Gasteiger partial charge is 0.325 e. The van der Waals surface area contributed by atoms with Crippen LogP contribution in [0.15, 0.2) is 18.2 Å². The molecular formula is C20H26N4O5. The van der Waals surface area contributed by atoms with E-state index in [0.717, 1.165) is 11.3 Å². The Kier molecular flexibility index (Phi) is 5.10. The third kappa shape index (κ3) is 4.08. The van der Waals surface area contributed by atoms with Gasteiger partial charge in [-0.2, -0.15) is 0 Å². The smallest absolute Gasteiger partial charge is 0.324 e. The number of nitro benzene ring substituents is 1. The monoisotopic (exact) mass is 402 g/mol. The first-order valence-corrected chi connectivity index (χ1v) is 9.61. The van der Waals surface area contributed by atoms with Crippen LogP contribution in [-0.2, 0) is 9.59 Å². The molecular weight excluding hydrogens is 376 g/mol. The van der Waals surface area contributed by atoms with Gasteiger partial charge in [0.1, 0.15) is 12.1 Å². The van der Waals surface area contributed by atoms with Gasteiger partial charge in [-0.15, -0.1) is 0 Å². The molecule has 2 fully saturated rings. The van der Waals surface area contributed by atoms with Crippen molar-refractivity contribution in [3.63, 3.8) is 0 Å². The minimum atomic E-state index is -0.971. The molecule has 1 aliphatic heterocycles. The molecule has 1 spiro atoms. The highest BCUT2D eigenvalue weighted by Gasteiger charge is 2.56. The van der Waals surface area contributed by atoms with Gasteiger partial charge in [0.25, 0.3) is 11.6 Å². The van der Waals surface area contributed by atoms with Crippen LogP contribution in [-0.4, -0.2) is 39.8 Å². The third-order valence-electron chi connectivity index (χ3n) is 5.62. The molecule has 2 atom stereocenters. The second kappa shape index (κ2) is 7.13. The predicted molar refractivity (Wildman–Crippen MR) is 106 cm³/mol. The Hall–Kier alpha value is -2.97. The van der Waals surface area contributed by atoms with E-state index in [0.29, 0.717) is 18.4 Å². The molecule has 1 aromatic rings. The number of aryl methyl sites for hydroxylation is 1. The lowest BCUT2D eigenvalue weighted by Crippen LogP contribution is -2.54. The van der Waals surface area contributed by atoms with Crippen LogP contribution in [0.4, 0.5) is 16.2 Å². The molecule has 1 saturated heterocycles. The fourth-order valence-corrected chi connectivity index (χ4v) is 4.88. The highest BCUT2D eigenvalue weighted by Crippen LogP contribution is 2.46. The van der Waals surface area contributed by atoms with E-state index >= 15 is 0 Å². The average Bonchev–Trinajstić information content (AvgIpc) is 2.78. The molecule has 1 saturated carbocycles. The molecule has 9 heteroatoms. The Bertz CT molecular complexity index is 897. The number of nitrogens with one attached hydrogen (secondary N) is 2. The van der Waals surface area contributed by atoms with Crippen LogP contribution in [0.2, 0.25) is 0 Å². The summed E-state index contributed by atoms with van der Waals surface area (Å²) in [6, 6.07) is 3.75. The average molecular weight is 402 g/mol. The molecule has 4 amide bonds. The van der Waals surface area contributed by atoms with Gasteiger partial charge in [-0.3, -0.25) is 24.6 Å². The van der Waals surface area contributed by atoms with Crippen molar-refractivity contribution in [2.45, 2.75) is 52.5 Å². The third-order valence-corrected chi connectivity index (χ3v) is 5.62. The molecule has 29 heavy (non-hydrogen) atoms. The Labute approximate surface area is 169 Å². The summed E-state index contributed by atoms with van der Waals surface area (Å²) in [6.07, 6.45) is 2.03. The number of hydrogen-bond acceptors (Lipinski definition) is 5. The lowest BCUT2D eigenvalue weighted by molar-refractivity contribution is -0.385. The van der Waals surface area contributed by atoms with Crippen LogP contribution in [0.3, 0.4) is 0 Å². The number of benzene rings is 1. The minimum absolute atomic E-state index is 0.0975. The first-order chi connectivity index (χ1) is 13.4. The van der Waals surface area contributed by atoms with Gasteiger partial charge in [0.15, 0.2) is 0 Å². The molecule has 0 aromatic heterocycles. The zero-order chi connectivity index (χ0) is 21.6. The van der Waals surface area contributed by atoms with Crippen LogP contribution < -0.4 is 10.6 Å². The molecule has 1 aromatic carbocycles. The molecule has 0 bridgehead atoms. The number of nitro groups is 1. The molecule has 1 heterocycles. The summed E-state index contributed by atoms with van der Waals surface area (Å²) < 4.78 is 0. The number of imide groups is 1. The van der Waals surface area contributed by atoms with E-state index in [1.165, 1.54) is 12.1 Å². The number of nitrogens with zero attached hydrogens (tertiary/aromatic N) is 2. The standard InChI is InChI=1S/C20H26N4O5/c1-12-8-19(3,4)11-20(9-12)17(26)23(18(27)22-20)10-16(25)21-14-6-5-13(2)15(7-14)24(28)29/h5-7,12H,8-11H2,1-4H3,(H,21,25)(H,22,27). The second-order valence-corrected chi connectivity index (χ2v) is 9.06. The lowest BCUT2D eigenvalue weighted by atomic mass is 9.64. The SMILES string of the molecule is Cc1ccc(NC(=O)CN2C(=O)NC3(CC(C)CC(C)(C)C3)C2=O)cc1[N+](=O)[O-]. The van der Waals surface area contributed by atoms with Crippen molar-refractivity contribution in [1.29, 1.82) is 0 Å². The van der Waals surface area contributed by atoms with Crippen molar-refractivity contribution < 1.29 is 19.3 Å². The van der Waals surface area contributed by atoms with Gasteiger partial charge in [-0.05, 0) is 43.6 Å². The van der Waals surface area contributed by atoms with Gasteiger partial charge in [-0.1, -0.05) is 26.8 Å². The van der Waals surface area contributed by atoms with Crippen molar-refractivity contribution in [2.75, 3.05) is 11.9 Å². The van der Waals surface area contributed by atoms with Gasteiger partial charge in [0, 0.05) is 17.3 Å². The van der Waals surface area contributed by atoms with E-state index in [-0.39, 0.29) is 28.6 Å². The maximum absolute atomic E-state index is 13.1. The topological polar surface area (TPSA) is 122 Å². The molecule has 2 N–H and O–H groups in total. The number of rotatable bonds is 4. The predicted octanol–water partition coefficient (Wildman–Crippen LogP) is 2.98. The van der Waals surface area contributed by atoms with Gasteiger partial charge in [-0.25, -0.2) is 4.79 Å². The van der Waals surface area contributed by atoms with Gasteiger partial charge >= 0.3 is 6.03 Å². The van der Waals surface area contributed by atoms with Crippen LogP contribution in [0.5, 0.6) is 0 Å². The number of anilines is 1. The summed E-state index contributed by atoms with van der Waals surface area (Å²) >= 11 is 0. The van der Waals surface area contributed by atoms with Crippen LogP contribution >= 0.6 is 0 Å². The Morgan fingerprint density at radius 1 is 1.34 bits per heavy atom. The lowest BCUT2D eigenvalue weighted by Gasteiger charge is -2.43. The van der Waals surface area contributed by atoms with E-state index in [1.54, 1.807) is 13.0 Å². The summed E-state index contributed by atoms with van der Waals surface area (Å²) in [5, 5.41) is 16.4. The fourth-order valence-electron chi connectivity index (χ4n) is 4.88. The van der Waals surface area contributed by atoms with Crippen molar-refractivity contribution in [3.8, 4) is 0 Å². The summed E-state index contributed by atoms with van der Waals surface area (Å²) in [7, 11) is 0. The van der Waals surface area contributed by atoms with Gasteiger partial charge in [0.05, 0.1) is 4.92 Å². The minimum Gasteiger partial charge on any atom is -0.324 e. The van der Waals surface area contributed by atoms with Crippen LogP contribution in [0, 0.1) is 28.4 Å². The fraction of sp³-hybridized carbons (Fsp3) is 0.550. The Balaban J connectivity index is 1.73. The van der Waals surface area contributed by atoms with E-state index in [2.05, 4.69) is 31.4 Å². The Morgan fingerprint density at radius 3 is 2.66 bits per heavy atom. The maximum atomic E-state index is 13.1. The van der Waals surface area contributed by atoms with Crippen molar-refractivity contribution in [1.82, 2.24) is 10.2 Å². The number of urea groups is 1. The van der Waals surface area contributed by atoms with E-state index in [1.807, 2.05) is 0 Å². The maximum Gasteiger partial charge on any atom is 0.325 e. The second-order valence-electron chi connectivity index (χ2n) is 9.06. The molecule has 2 unspecified atom stereocenters. The van der Waals surface area contributed by atoms with E-state index < -0.39 is 28.9 Å². The zero-order valence-electron chi connectivity index (χ0n) is 17.1. The van der Waals surface area contributed by atoms with Gasteiger partial charge in [0.2, 0.25) is 5.91 Å². The normalized spacial score (nSPS) is 25.8. The van der Waals surface area contributed by atoms with E-state index in [4.69, 9.17) is 0 Å². The summed E-state index contributed by atoms with van der Waals surface area (Å²) in [5.41, 5.74) is -0.476. The summed E-state index contributed by atoms with van der Waals surface area (Å²) in [6.45, 7) is 7.36. The number of hydrogen-bond donors (Lipinski definition) is 2. The summed E-state index contributed by atoms with van der Waals surface area (Å²) in [5.74, 6) is -0.705. The number of amides is 4. The summed E-state index contributed by atoms with van der Waals surface area (Å²) in [4.78, 5) is 49.5. The molecule has 9 nitrogen and oxygen atoms in total. The molecule has 2 aliphatic rings. The number of carbonyl (C=O) groups excluding carboxylic acids is 3. The highest BCUT2D eigenvalue weighted by molar-refractivity contribution is 6.10. The zero-order valence-corrected chi connectivity index (χ0v) is 17.1. The van der Waals surface area contributed by atoms with Crippen molar-refractivity contribution >= 4 is 29.2 Å². The van der Waals surface area contributed by atoms with Crippen LogP contribution in [0.25, 0.3) is 0 Å². The highest BCUT2D eigenvalue weighted by atomic mass is 16.6. The van der Waals surface area contributed by atoms with Crippen LogP contribution in [0.1, 0.15) is 45.6 Å². The van der Waals surface area contributed by atoms with Crippen molar-refractivity contribution in [3.05, 3.63) is 33.9 Å². The molecule has 1 aliphatic carbocycles. The molecule has 3 rings (SSSR count). The van der Waals surface area contributed by atoms with E-state index in [9.17, 15) is 24.5 Å². The molecule has 0 radical (unpaired) electrons. The van der Waals surface area contributed by atoms with Crippen molar-refractivity contribution in [2.24, 2.45) is 11.3 Å². The number of carbonyl (C=O) groups is 3. The van der Waals surface area contributed by atoms with Gasteiger partial charge < -0.3 is 10.6 Å². The Morgan fingerprint density at radius 2 is 2.03 bits per heavy atom. The first-order valence-electron chi connectivity index (χ1n) is 9.61. The quantitative estimate of drug-likeness (QED) is 0.455. The molecule has 156 valence electrons.